The highest BCUT2D eigenvalue weighted by Crippen LogP contribution is 2.36. The first-order chi connectivity index (χ1) is 21.7. The number of aromatic nitrogens is 2. The summed E-state index contributed by atoms with van der Waals surface area (Å²) >= 11 is 0. The molecule has 7 aromatic rings. The van der Waals surface area contributed by atoms with E-state index < -0.39 is 0 Å². The van der Waals surface area contributed by atoms with Gasteiger partial charge in [0.25, 0.3) is 0 Å². The lowest BCUT2D eigenvalue weighted by Gasteiger charge is -2.13. The maximum absolute atomic E-state index is 6.36. The molecule has 3 aromatic heterocycles. The quantitative estimate of drug-likeness (QED) is 0.197. The number of hydrogen-bond donors (Lipinski definition) is 0. The van der Waals surface area contributed by atoms with Gasteiger partial charge in [0.1, 0.15) is 11.0 Å². The molecule has 0 spiro atoms. The van der Waals surface area contributed by atoms with Crippen LogP contribution in [0.4, 0.5) is 0 Å². The lowest BCUT2D eigenvalue weighted by atomic mass is 10.1. The maximum atomic E-state index is 6.36. The second kappa shape index (κ2) is 13.0. The Morgan fingerprint density at radius 3 is 1.84 bits per heavy atom. The SMILES string of the molecule is C/C=C\C.C1=c2oc3cc4c(cc3c2=CCC1)c1ccccc1n4-c1cc(-c2ccccc2)nc(-c2ccccc2)c1.CC. The minimum atomic E-state index is 0.932. The molecule has 0 fully saturated rings. The number of rotatable bonds is 3. The van der Waals surface area contributed by atoms with Crippen molar-refractivity contribution in [2.45, 2.75) is 40.5 Å². The summed E-state index contributed by atoms with van der Waals surface area (Å²) in [6.45, 7) is 8.00. The molecule has 0 radical (unpaired) electrons. The first kappa shape index (κ1) is 28.9. The molecule has 1 aliphatic carbocycles. The summed E-state index contributed by atoms with van der Waals surface area (Å²) in [6.07, 6.45) is 10.6. The Morgan fingerprint density at radius 1 is 0.614 bits per heavy atom. The molecule has 0 saturated carbocycles. The molecule has 0 unspecified atom stereocenters. The molecule has 3 heteroatoms. The Kier molecular flexibility index (Phi) is 8.56. The monoisotopic (exact) mass is 574 g/mol. The van der Waals surface area contributed by atoms with E-state index in [2.05, 4.69) is 114 Å². The number of fused-ring (bicyclic) bond motifs is 6. The highest BCUT2D eigenvalue weighted by molar-refractivity contribution is 6.13. The molecule has 0 bridgehead atoms. The lowest BCUT2D eigenvalue weighted by molar-refractivity contribution is 0.572. The highest BCUT2D eigenvalue weighted by Gasteiger charge is 2.17. The Balaban J connectivity index is 0.000000532. The number of para-hydroxylation sites is 1. The second-order valence-corrected chi connectivity index (χ2v) is 10.6. The van der Waals surface area contributed by atoms with Crippen LogP contribution in [0.15, 0.2) is 126 Å². The standard InChI is InChI=1S/C35H24N2O.C4H8.C2H6/c1-3-11-23(12-4-1)30-19-25(20-31(36-30)24-13-5-2-6-14-24)37-32-17-9-7-15-26(32)28-21-29-27-16-8-10-18-34(27)38-35(29)22-33(28)37;1-3-4-2;1-2/h1-7,9,11-22H,8,10H2;3-4H,1-2H3;1-2H3/b;4-3-;. The van der Waals surface area contributed by atoms with Crippen molar-refractivity contribution in [1.82, 2.24) is 9.55 Å². The molecule has 3 heterocycles. The van der Waals surface area contributed by atoms with E-state index in [0.717, 1.165) is 57.6 Å². The van der Waals surface area contributed by atoms with Crippen molar-refractivity contribution in [1.29, 1.82) is 0 Å². The van der Waals surface area contributed by atoms with Gasteiger partial charge in [-0.3, -0.25) is 0 Å². The van der Waals surface area contributed by atoms with Crippen molar-refractivity contribution in [3.05, 3.63) is 132 Å². The first-order valence-corrected chi connectivity index (χ1v) is 15.6. The second-order valence-electron chi connectivity index (χ2n) is 10.6. The molecular formula is C41H38N2O. The minimum Gasteiger partial charge on any atom is -0.456 e. The number of nitrogens with zero attached hydrogens (tertiary/aromatic N) is 2. The van der Waals surface area contributed by atoms with Crippen molar-refractivity contribution in [2.75, 3.05) is 0 Å². The molecule has 0 atom stereocenters. The Morgan fingerprint density at radius 2 is 1.20 bits per heavy atom. The summed E-state index contributed by atoms with van der Waals surface area (Å²) in [4.78, 5) is 5.10. The van der Waals surface area contributed by atoms with Gasteiger partial charge >= 0.3 is 0 Å². The van der Waals surface area contributed by atoms with Crippen LogP contribution in [-0.4, -0.2) is 9.55 Å². The van der Waals surface area contributed by atoms with Gasteiger partial charge in [0.05, 0.1) is 28.1 Å². The van der Waals surface area contributed by atoms with Crippen molar-refractivity contribution >= 4 is 44.9 Å². The number of hydrogen-bond acceptors (Lipinski definition) is 2. The van der Waals surface area contributed by atoms with E-state index in [-0.39, 0.29) is 0 Å². The Labute approximate surface area is 259 Å². The summed E-state index contributed by atoms with van der Waals surface area (Å²) in [5.41, 5.74) is 9.41. The fourth-order valence-electron chi connectivity index (χ4n) is 5.84. The van der Waals surface area contributed by atoms with Crippen LogP contribution >= 0.6 is 0 Å². The van der Waals surface area contributed by atoms with Crippen LogP contribution in [0.2, 0.25) is 0 Å². The lowest BCUT2D eigenvalue weighted by Crippen LogP contribution is -2.21. The van der Waals surface area contributed by atoms with Crippen LogP contribution in [0.5, 0.6) is 0 Å². The molecule has 4 aromatic carbocycles. The zero-order valence-electron chi connectivity index (χ0n) is 25.9. The zero-order chi connectivity index (χ0) is 30.5. The van der Waals surface area contributed by atoms with Gasteiger partial charge in [0.2, 0.25) is 0 Å². The minimum absolute atomic E-state index is 0.932. The van der Waals surface area contributed by atoms with E-state index in [1.54, 1.807) is 0 Å². The third kappa shape index (κ3) is 5.38. The van der Waals surface area contributed by atoms with Gasteiger partial charge in [-0.05, 0) is 57.0 Å². The molecule has 0 saturated heterocycles. The highest BCUT2D eigenvalue weighted by atomic mass is 16.3. The summed E-state index contributed by atoms with van der Waals surface area (Å²) in [6, 6.07) is 38.4. The molecule has 8 rings (SSSR count). The molecule has 0 aliphatic heterocycles. The molecule has 1 aliphatic rings. The maximum Gasteiger partial charge on any atom is 0.137 e. The third-order valence-corrected chi connectivity index (χ3v) is 7.94. The van der Waals surface area contributed by atoms with Crippen molar-refractivity contribution in [3.63, 3.8) is 0 Å². The van der Waals surface area contributed by atoms with E-state index in [0.29, 0.717) is 0 Å². The third-order valence-electron chi connectivity index (χ3n) is 7.94. The van der Waals surface area contributed by atoms with Gasteiger partial charge in [0.15, 0.2) is 0 Å². The van der Waals surface area contributed by atoms with Crippen LogP contribution in [0.3, 0.4) is 0 Å². The van der Waals surface area contributed by atoms with Crippen molar-refractivity contribution < 1.29 is 4.42 Å². The van der Waals surface area contributed by atoms with Crippen molar-refractivity contribution in [3.8, 4) is 28.2 Å². The molecule has 0 N–H and O–H groups in total. The van der Waals surface area contributed by atoms with E-state index in [9.17, 15) is 0 Å². The number of pyridine rings is 1. The summed E-state index contributed by atoms with van der Waals surface area (Å²) in [5, 5.41) is 4.89. The van der Waals surface area contributed by atoms with Gasteiger partial charge < -0.3 is 8.98 Å². The molecule has 3 nitrogen and oxygen atoms in total. The smallest absolute Gasteiger partial charge is 0.137 e. The van der Waals surface area contributed by atoms with Crippen LogP contribution in [0, 0.1) is 0 Å². The zero-order valence-corrected chi connectivity index (χ0v) is 25.9. The summed E-state index contributed by atoms with van der Waals surface area (Å²) < 4.78 is 8.72. The van der Waals surface area contributed by atoms with E-state index >= 15 is 0 Å². The predicted molar refractivity (Wildman–Crippen MR) is 188 cm³/mol. The van der Waals surface area contributed by atoms with Gasteiger partial charge in [-0.1, -0.05) is 111 Å². The number of benzene rings is 4. The molecule has 44 heavy (non-hydrogen) atoms. The summed E-state index contributed by atoms with van der Waals surface area (Å²) in [7, 11) is 0. The van der Waals surface area contributed by atoms with Gasteiger partial charge in [-0.2, -0.15) is 0 Å². The van der Waals surface area contributed by atoms with Gasteiger partial charge in [0, 0.05) is 38.6 Å². The number of allylic oxidation sites excluding steroid dienone is 2. The Hall–Kier alpha value is -5.15. The predicted octanol–water partition coefficient (Wildman–Crippen LogP) is 10.2. The first-order valence-electron chi connectivity index (χ1n) is 15.6. The molecular weight excluding hydrogens is 536 g/mol. The average molecular weight is 575 g/mol. The van der Waals surface area contributed by atoms with Crippen LogP contribution in [0.25, 0.3) is 73.1 Å². The van der Waals surface area contributed by atoms with Gasteiger partial charge in [-0.15, -0.1) is 0 Å². The van der Waals surface area contributed by atoms with E-state index in [1.165, 1.54) is 26.9 Å². The fraction of sp³-hybridized carbons (Fsp3) is 0.146. The average Bonchev–Trinajstić information content (AvgIpc) is 3.63. The fourth-order valence-corrected chi connectivity index (χ4v) is 5.84. The molecule has 0 amide bonds. The van der Waals surface area contributed by atoms with Gasteiger partial charge in [-0.25, -0.2) is 4.98 Å². The van der Waals surface area contributed by atoms with Crippen LogP contribution < -0.4 is 10.6 Å². The van der Waals surface area contributed by atoms with E-state index in [4.69, 9.17) is 9.40 Å². The van der Waals surface area contributed by atoms with Crippen molar-refractivity contribution in [2.24, 2.45) is 0 Å². The number of furan rings is 1. The van der Waals surface area contributed by atoms with Crippen LogP contribution in [0.1, 0.15) is 40.5 Å². The molecule has 218 valence electrons. The van der Waals surface area contributed by atoms with E-state index in [1.807, 2.05) is 52.0 Å². The van der Waals surface area contributed by atoms with Crippen LogP contribution in [-0.2, 0) is 0 Å². The topological polar surface area (TPSA) is 31.0 Å². The summed E-state index contributed by atoms with van der Waals surface area (Å²) in [5.74, 6) is 0. The Bertz CT molecular complexity index is 2140. The normalized spacial score (nSPS) is 12.2. The largest absolute Gasteiger partial charge is 0.456 e.